The monoisotopic (exact) mass is 422 g/mol. The standard InChI is InChI=1S/C21H18N4O4S/c1-3-17(26)25-14-7-5-4-6-13(14)18-19(22-21(30-2)24-23-18)29-20(25)12-8-9-15-16(10-12)28-11-27-15/h4-10,20H,3,11H2,1-2H3. The maximum atomic E-state index is 13.1. The smallest absolute Gasteiger partial charge is 0.247 e. The molecule has 0 saturated carbocycles. The van der Waals surface area contributed by atoms with E-state index in [9.17, 15) is 4.79 Å². The topological polar surface area (TPSA) is 86.7 Å². The number of benzene rings is 2. The largest absolute Gasteiger partial charge is 0.454 e. The van der Waals surface area contributed by atoms with Gasteiger partial charge in [-0.2, -0.15) is 4.98 Å². The Bertz CT molecular complexity index is 1140. The zero-order chi connectivity index (χ0) is 20.7. The Balaban J connectivity index is 1.73. The van der Waals surface area contributed by atoms with Crippen LogP contribution >= 0.6 is 11.8 Å². The molecule has 2 aliphatic rings. The molecular formula is C21H18N4O4S. The molecular weight excluding hydrogens is 404 g/mol. The molecule has 0 radical (unpaired) electrons. The number of carbonyl (C=O) groups is 1. The number of anilines is 1. The molecule has 2 aliphatic heterocycles. The molecule has 1 amide bonds. The van der Waals surface area contributed by atoms with Crippen LogP contribution in [0.15, 0.2) is 47.6 Å². The van der Waals surface area contributed by atoms with Crippen molar-refractivity contribution >= 4 is 23.4 Å². The minimum atomic E-state index is -0.749. The Morgan fingerprint density at radius 3 is 2.83 bits per heavy atom. The molecule has 3 aromatic rings. The maximum absolute atomic E-state index is 13.1. The molecule has 2 aromatic carbocycles. The molecule has 0 fully saturated rings. The predicted molar refractivity (Wildman–Crippen MR) is 111 cm³/mol. The number of aromatic nitrogens is 3. The van der Waals surface area contributed by atoms with Gasteiger partial charge in [0.2, 0.25) is 30.0 Å². The molecule has 1 aromatic heterocycles. The van der Waals surface area contributed by atoms with E-state index in [1.807, 2.05) is 55.6 Å². The highest BCUT2D eigenvalue weighted by Gasteiger charge is 2.36. The summed E-state index contributed by atoms with van der Waals surface area (Å²) in [7, 11) is 0. The minimum absolute atomic E-state index is 0.0871. The van der Waals surface area contributed by atoms with E-state index < -0.39 is 6.23 Å². The van der Waals surface area contributed by atoms with Crippen LogP contribution in [0.25, 0.3) is 11.3 Å². The van der Waals surface area contributed by atoms with E-state index in [2.05, 4.69) is 15.2 Å². The third-order valence-electron chi connectivity index (χ3n) is 4.95. The van der Waals surface area contributed by atoms with E-state index in [0.29, 0.717) is 40.3 Å². The van der Waals surface area contributed by atoms with E-state index in [4.69, 9.17) is 14.2 Å². The van der Waals surface area contributed by atoms with Crippen molar-refractivity contribution in [1.82, 2.24) is 15.2 Å². The number of ether oxygens (including phenoxy) is 3. The molecule has 1 unspecified atom stereocenters. The number of hydrogen-bond acceptors (Lipinski definition) is 8. The van der Waals surface area contributed by atoms with Gasteiger partial charge in [0, 0.05) is 17.5 Å². The summed E-state index contributed by atoms with van der Waals surface area (Å²) in [5.74, 6) is 1.52. The van der Waals surface area contributed by atoms with Crippen molar-refractivity contribution in [2.24, 2.45) is 0 Å². The number of rotatable bonds is 3. The molecule has 3 heterocycles. The van der Waals surface area contributed by atoms with E-state index in [-0.39, 0.29) is 12.7 Å². The lowest BCUT2D eigenvalue weighted by atomic mass is 10.1. The first-order valence-corrected chi connectivity index (χ1v) is 10.7. The van der Waals surface area contributed by atoms with Crippen molar-refractivity contribution in [3.63, 3.8) is 0 Å². The van der Waals surface area contributed by atoms with Gasteiger partial charge in [-0.25, -0.2) is 0 Å². The molecule has 0 N–H and O–H groups in total. The number of nitrogens with zero attached hydrogens (tertiary/aromatic N) is 4. The average molecular weight is 422 g/mol. The van der Waals surface area contributed by atoms with Crippen LogP contribution in [0.5, 0.6) is 17.4 Å². The highest BCUT2D eigenvalue weighted by molar-refractivity contribution is 7.98. The van der Waals surface area contributed by atoms with Crippen LogP contribution in [-0.4, -0.2) is 34.1 Å². The molecule has 30 heavy (non-hydrogen) atoms. The highest BCUT2D eigenvalue weighted by Crippen LogP contribution is 2.45. The normalized spacial score (nSPS) is 16.3. The van der Waals surface area contributed by atoms with Crippen LogP contribution in [0.1, 0.15) is 25.1 Å². The van der Waals surface area contributed by atoms with Crippen molar-refractivity contribution < 1.29 is 19.0 Å². The van der Waals surface area contributed by atoms with Crippen molar-refractivity contribution in [2.75, 3.05) is 17.9 Å². The van der Waals surface area contributed by atoms with E-state index in [1.165, 1.54) is 11.8 Å². The van der Waals surface area contributed by atoms with Crippen LogP contribution in [0, 0.1) is 0 Å². The SMILES string of the molecule is CCC(=O)N1c2ccccc2-c2nnc(SC)nc2OC1c1ccc2c(c1)OCO2. The van der Waals surface area contributed by atoms with Gasteiger partial charge >= 0.3 is 0 Å². The zero-order valence-electron chi connectivity index (χ0n) is 16.4. The summed E-state index contributed by atoms with van der Waals surface area (Å²) >= 11 is 1.37. The molecule has 8 nitrogen and oxygen atoms in total. The summed E-state index contributed by atoms with van der Waals surface area (Å²) in [5, 5.41) is 9.02. The molecule has 152 valence electrons. The van der Waals surface area contributed by atoms with E-state index in [0.717, 1.165) is 11.1 Å². The minimum Gasteiger partial charge on any atom is -0.454 e. The molecule has 9 heteroatoms. The molecule has 0 spiro atoms. The predicted octanol–water partition coefficient (Wildman–Crippen LogP) is 3.82. The number of carbonyl (C=O) groups excluding carboxylic acids is 1. The van der Waals surface area contributed by atoms with Gasteiger partial charge in [-0.3, -0.25) is 9.69 Å². The van der Waals surface area contributed by atoms with Gasteiger partial charge in [-0.15, -0.1) is 10.2 Å². The van der Waals surface area contributed by atoms with E-state index in [1.54, 1.807) is 4.90 Å². The van der Waals surface area contributed by atoms with Crippen molar-refractivity contribution in [2.45, 2.75) is 24.7 Å². The van der Waals surface area contributed by atoms with Crippen molar-refractivity contribution in [3.05, 3.63) is 48.0 Å². The first-order valence-electron chi connectivity index (χ1n) is 9.46. The lowest BCUT2D eigenvalue weighted by Gasteiger charge is -2.30. The summed E-state index contributed by atoms with van der Waals surface area (Å²) in [6.07, 6.45) is 1.43. The fourth-order valence-corrected chi connectivity index (χ4v) is 3.82. The fraction of sp³-hybridized carbons (Fsp3) is 0.238. The van der Waals surface area contributed by atoms with Crippen LogP contribution in [-0.2, 0) is 4.79 Å². The van der Waals surface area contributed by atoms with Gasteiger partial charge in [-0.05, 0) is 30.5 Å². The van der Waals surface area contributed by atoms with Gasteiger partial charge in [0.1, 0.15) is 0 Å². The summed E-state index contributed by atoms with van der Waals surface area (Å²) in [6.45, 7) is 1.99. The number of fused-ring (bicyclic) bond motifs is 4. The maximum Gasteiger partial charge on any atom is 0.247 e. The first kappa shape index (κ1) is 18.7. The second-order valence-corrected chi connectivity index (χ2v) is 7.44. The Hall–Kier alpha value is -3.33. The van der Waals surface area contributed by atoms with E-state index >= 15 is 0 Å². The molecule has 5 rings (SSSR count). The second kappa shape index (κ2) is 7.49. The lowest BCUT2D eigenvalue weighted by Crippen LogP contribution is -2.37. The lowest BCUT2D eigenvalue weighted by molar-refractivity contribution is -0.120. The second-order valence-electron chi connectivity index (χ2n) is 6.67. The Labute approximate surface area is 177 Å². The third-order valence-corrected chi connectivity index (χ3v) is 5.49. The summed E-state index contributed by atoms with van der Waals surface area (Å²) in [5.41, 5.74) is 2.68. The highest BCUT2D eigenvalue weighted by atomic mass is 32.2. The van der Waals surface area contributed by atoms with Crippen LogP contribution in [0.3, 0.4) is 0 Å². The zero-order valence-corrected chi connectivity index (χ0v) is 17.2. The Kier molecular flexibility index (Phi) is 4.66. The summed E-state index contributed by atoms with van der Waals surface area (Å²) < 4.78 is 17.3. The van der Waals surface area contributed by atoms with Crippen molar-refractivity contribution in [1.29, 1.82) is 0 Å². The van der Waals surface area contributed by atoms with Gasteiger partial charge in [0.25, 0.3) is 0 Å². The Morgan fingerprint density at radius 2 is 2.00 bits per heavy atom. The fourth-order valence-electron chi connectivity index (χ4n) is 3.52. The number of thioether (sulfide) groups is 1. The number of hydrogen-bond donors (Lipinski definition) is 0. The summed E-state index contributed by atoms with van der Waals surface area (Å²) in [6, 6.07) is 13.1. The van der Waals surface area contributed by atoms with Crippen LogP contribution in [0.4, 0.5) is 5.69 Å². The molecule has 1 atom stereocenters. The number of para-hydroxylation sites is 1. The van der Waals surface area contributed by atoms with Crippen LogP contribution < -0.4 is 19.1 Å². The van der Waals surface area contributed by atoms with Gasteiger partial charge in [0.05, 0.1) is 5.69 Å². The average Bonchev–Trinajstić information content (AvgIpc) is 3.21. The molecule has 0 aliphatic carbocycles. The van der Waals surface area contributed by atoms with Crippen molar-refractivity contribution in [3.8, 4) is 28.6 Å². The van der Waals surface area contributed by atoms with Gasteiger partial charge in [0.15, 0.2) is 17.2 Å². The molecule has 0 bridgehead atoms. The third kappa shape index (κ3) is 3.02. The quantitative estimate of drug-likeness (QED) is 0.589. The van der Waals surface area contributed by atoms with Gasteiger partial charge in [-0.1, -0.05) is 36.9 Å². The summed E-state index contributed by atoms with van der Waals surface area (Å²) in [4.78, 5) is 19.3. The van der Waals surface area contributed by atoms with Crippen LogP contribution in [0.2, 0.25) is 0 Å². The Morgan fingerprint density at radius 1 is 1.17 bits per heavy atom. The first-order chi connectivity index (χ1) is 14.7. The molecule has 0 saturated heterocycles. The number of amides is 1. The van der Waals surface area contributed by atoms with Gasteiger partial charge < -0.3 is 14.2 Å².